The largest absolute Gasteiger partial charge is 0.448 e. The summed E-state index contributed by atoms with van der Waals surface area (Å²) in [5.74, 6) is -2.40. The minimum absolute atomic E-state index is 0.0944. The van der Waals surface area contributed by atoms with Crippen LogP contribution >= 0.6 is 11.6 Å². The summed E-state index contributed by atoms with van der Waals surface area (Å²) in [5.41, 5.74) is 1.33. The number of amides is 1. The first-order valence-electron chi connectivity index (χ1n) is 7.95. The van der Waals surface area contributed by atoms with Gasteiger partial charge in [0, 0.05) is 5.02 Å². The Bertz CT molecular complexity index is 933. The van der Waals surface area contributed by atoms with Crippen LogP contribution in [0, 0.1) is 24.1 Å². The lowest BCUT2D eigenvalue weighted by molar-refractivity contribution is -0.148. The highest BCUT2D eigenvalue weighted by atomic mass is 35.5. The summed E-state index contributed by atoms with van der Waals surface area (Å²) in [6, 6.07) is 12.7. The third-order valence-corrected chi connectivity index (χ3v) is 3.81. The first kappa shape index (κ1) is 20.1. The van der Waals surface area contributed by atoms with Gasteiger partial charge < -0.3 is 10.1 Å². The van der Waals surface area contributed by atoms with Gasteiger partial charge in [0.15, 0.2) is 6.10 Å². The molecule has 0 heterocycles. The molecule has 2 rings (SSSR count). The Morgan fingerprint density at radius 2 is 1.93 bits per heavy atom. The van der Waals surface area contributed by atoms with E-state index in [1.54, 1.807) is 18.2 Å². The molecule has 27 heavy (non-hydrogen) atoms. The number of carbonyl (C=O) groups excluding carboxylic acids is 2. The number of benzene rings is 2. The maximum Gasteiger partial charge on any atom is 0.349 e. The van der Waals surface area contributed by atoms with Crippen molar-refractivity contribution in [1.29, 1.82) is 5.26 Å². The van der Waals surface area contributed by atoms with E-state index in [2.05, 4.69) is 5.32 Å². The predicted octanol–water partition coefficient (Wildman–Crippen LogP) is 4.26. The Balaban J connectivity index is 2.05. The van der Waals surface area contributed by atoms with Crippen LogP contribution in [0.4, 0.5) is 10.1 Å². The van der Waals surface area contributed by atoms with Crippen molar-refractivity contribution in [2.24, 2.45) is 0 Å². The number of hydrogen-bond acceptors (Lipinski definition) is 4. The number of rotatable bonds is 5. The second-order valence-corrected chi connectivity index (χ2v) is 6.18. The second kappa shape index (κ2) is 8.97. The molecule has 0 aliphatic heterocycles. The summed E-state index contributed by atoms with van der Waals surface area (Å²) in [6.45, 7) is 3.23. The van der Waals surface area contributed by atoms with Gasteiger partial charge in [-0.2, -0.15) is 5.26 Å². The minimum atomic E-state index is -1.23. The van der Waals surface area contributed by atoms with Gasteiger partial charge in [-0.15, -0.1) is 0 Å². The Labute approximate surface area is 161 Å². The number of ether oxygens (including phenoxy) is 1. The van der Waals surface area contributed by atoms with Crippen molar-refractivity contribution < 1.29 is 18.7 Å². The van der Waals surface area contributed by atoms with Crippen LogP contribution in [0.25, 0.3) is 6.08 Å². The van der Waals surface area contributed by atoms with E-state index in [-0.39, 0.29) is 16.3 Å². The third-order valence-electron chi connectivity index (χ3n) is 3.57. The van der Waals surface area contributed by atoms with Crippen LogP contribution in [-0.4, -0.2) is 18.0 Å². The summed E-state index contributed by atoms with van der Waals surface area (Å²) in [6.07, 6.45) is 0.132. The molecular weight excluding hydrogens is 371 g/mol. The van der Waals surface area contributed by atoms with E-state index in [0.717, 1.165) is 11.6 Å². The van der Waals surface area contributed by atoms with Crippen molar-refractivity contribution in [3.63, 3.8) is 0 Å². The van der Waals surface area contributed by atoms with Crippen LogP contribution in [0.5, 0.6) is 0 Å². The smallest absolute Gasteiger partial charge is 0.349 e. The van der Waals surface area contributed by atoms with E-state index in [4.69, 9.17) is 16.3 Å². The molecule has 5 nitrogen and oxygen atoms in total. The van der Waals surface area contributed by atoms with Crippen molar-refractivity contribution in [2.45, 2.75) is 20.0 Å². The molecule has 0 bridgehead atoms. The summed E-state index contributed by atoms with van der Waals surface area (Å²) in [4.78, 5) is 24.2. The van der Waals surface area contributed by atoms with Gasteiger partial charge in [-0.05, 0) is 43.7 Å². The molecule has 1 amide bonds. The fourth-order valence-electron chi connectivity index (χ4n) is 2.07. The molecule has 0 aliphatic carbocycles. The summed E-state index contributed by atoms with van der Waals surface area (Å²) >= 11 is 5.65. The number of hydrogen-bond donors (Lipinski definition) is 1. The SMILES string of the molecule is Cc1ccc(/C=C(\C#N)C(=O)O[C@@H](C)C(=O)Nc2ccc(Cl)cc2F)cc1. The van der Waals surface area contributed by atoms with E-state index >= 15 is 0 Å². The summed E-state index contributed by atoms with van der Waals surface area (Å²) in [5, 5.41) is 11.7. The molecule has 0 saturated carbocycles. The molecular formula is C20H16ClFN2O3. The van der Waals surface area contributed by atoms with Crippen LogP contribution in [0.2, 0.25) is 5.02 Å². The van der Waals surface area contributed by atoms with E-state index in [0.29, 0.717) is 5.56 Å². The molecule has 1 N–H and O–H groups in total. The van der Waals surface area contributed by atoms with Crippen LogP contribution in [0.3, 0.4) is 0 Å². The highest BCUT2D eigenvalue weighted by molar-refractivity contribution is 6.30. The van der Waals surface area contributed by atoms with Gasteiger partial charge in [0.2, 0.25) is 0 Å². The number of carbonyl (C=O) groups is 2. The molecule has 7 heteroatoms. The quantitative estimate of drug-likeness (QED) is 0.473. The monoisotopic (exact) mass is 386 g/mol. The topological polar surface area (TPSA) is 79.2 Å². The first-order valence-corrected chi connectivity index (χ1v) is 8.33. The number of anilines is 1. The first-order chi connectivity index (χ1) is 12.8. The standard InChI is InChI=1S/C20H16ClFN2O3/c1-12-3-5-14(6-4-12)9-15(11-23)20(26)27-13(2)19(25)24-18-8-7-16(21)10-17(18)22/h3-10,13H,1-2H3,(H,24,25)/b15-9+/t13-/m0/s1. The molecule has 0 radical (unpaired) electrons. The van der Waals surface area contributed by atoms with E-state index in [1.807, 2.05) is 19.1 Å². The van der Waals surface area contributed by atoms with E-state index in [9.17, 15) is 19.2 Å². The summed E-state index contributed by atoms with van der Waals surface area (Å²) in [7, 11) is 0. The van der Waals surface area contributed by atoms with Crippen LogP contribution in [-0.2, 0) is 14.3 Å². The van der Waals surface area contributed by atoms with Gasteiger partial charge in [0.25, 0.3) is 5.91 Å². The molecule has 0 fully saturated rings. The number of nitrogens with zero attached hydrogens (tertiary/aromatic N) is 1. The van der Waals surface area contributed by atoms with Gasteiger partial charge in [0.05, 0.1) is 5.69 Å². The Morgan fingerprint density at radius 1 is 1.26 bits per heavy atom. The van der Waals surface area contributed by atoms with Crippen molar-refractivity contribution in [2.75, 3.05) is 5.32 Å². The minimum Gasteiger partial charge on any atom is -0.448 e. The molecule has 0 saturated heterocycles. The molecule has 1 atom stereocenters. The molecule has 2 aromatic rings. The van der Waals surface area contributed by atoms with Gasteiger partial charge in [-0.1, -0.05) is 41.4 Å². The molecule has 0 aromatic heterocycles. The lowest BCUT2D eigenvalue weighted by Gasteiger charge is -2.13. The summed E-state index contributed by atoms with van der Waals surface area (Å²) < 4.78 is 18.7. The van der Waals surface area contributed by atoms with Crippen molar-refractivity contribution in [3.05, 3.63) is 70.0 Å². The zero-order chi connectivity index (χ0) is 20.0. The lowest BCUT2D eigenvalue weighted by atomic mass is 10.1. The van der Waals surface area contributed by atoms with Crippen molar-refractivity contribution in [3.8, 4) is 6.07 Å². The number of esters is 1. The fraction of sp³-hybridized carbons (Fsp3) is 0.150. The fourth-order valence-corrected chi connectivity index (χ4v) is 2.23. The van der Waals surface area contributed by atoms with Gasteiger partial charge in [-0.3, -0.25) is 4.79 Å². The number of nitrogens with one attached hydrogen (secondary N) is 1. The maximum atomic E-state index is 13.7. The number of nitriles is 1. The molecule has 0 aliphatic rings. The number of aryl methyl sites for hydroxylation is 1. The molecule has 0 spiro atoms. The van der Waals surface area contributed by atoms with E-state index in [1.165, 1.54) is 25.1 Å². The van der Waals surface area contributed by atoms with Crippen molar-refractivity contribution in [1.82, 2.24) is 0 Å². The Hall–Kier alpha value is -3.17. The van der Waals surface area contributed by atoms with Crippen LogP contribution in [0.1, 0.15) is 18.1 Å². The Kier molecular flexibility index (Phi) is 6.69. The third kappa shape index (κ3) is 5.66. The highest BCUT2D eigenvalue weighted by Gasteiger charge is 2.21. The predicted molar refractivity (Wildman–Crippen MR) is 100 cm³/mol. The zero-order valence-electron chi connectivity index (χ0n) is 14.6. The van der Waals surface area contributed by atoms with E-state index < -0.39 is 23.8 Å². The van der Waals surface area contributed by atoms with Gasteiger partial charge in [0.1, 0.15) is 17.5 Å². The van der Waals surface area contributed by atoms with Crippen LogP contribution < -0.4 is 5.32 Å². The average Bonchev–Trinajstić information content (AvgIpc) is 2.63. The molecule has 138 valence electrons. The maximum absolute atomic E-state index is 13.7. The normalized spacial score (nSPS) is 12.0. The molecule has 0 unspecified atom stereocenters. The molecule has 2 aromatic carbocycles. The lowest BCUT2D eigenvalue weighted by Crippen LogP contribution is -2.30. The van der Waals surface area contributed by atoms with Gasteiger partial charge >= 0.3 is 5.97 Å². The highest BCUT2D eigenvalue weighted by Crippen LogP contribution is 2.19. The number of halogens is 2. The Morgan fingerprint density at radius 3 is 2.52 bits per heavy atom. The second-order valence-electron chi connectivity index (χ2n) is 5.74. The van der Waals surface area contributed by atoms with Crippen molar-refractivity contribution >= 4 is 35.2 Å². The van der Waals surface area contributed by atoms with Crippen LogP contribution in [0.15, 0.2) is 48.0 Å². The van der Waals surface area contributed by atoms with Gasteiger partial charge in [-0.25, -0.2) is 9.18 Å². The zero-order valence-corrected chi connectivity index (χ0v) is 15.4. The average molecular weight is 387 g/mol.